The summed E-state index contributed by atoms with van der Waals surface area (Å²) in [5.41, 5.74) is 1.69. The first-order valence-corrected chi connectivity index (χ1v) is 9.79. The van der Waals surface area contributed by atoms with E-state index in [2.05, 4.69) is 26.1 Å². The van der Waals surface area contributed by atoms with Crippen LogP contribution in [-0.2, 0) is 11.3 Å². The molecule has 0 saturated heterocycles. The van der Waals surface area contributed by atoms with Gasteiger partial charge in [-0.2, -0.15) is 0 Å². The molecule has 2 aromatic carbocycles. The zero-order valence-corrected chi connectivity index (χ0v) is 16.9. The number of halogens is 2. The molecule has 6 nitrogen and oxygen atoms in total. The van der Waals surface area contributed by atoms with E-state index in [4.69, 9.17) is 5.84 Å². The maximum absolute atomic E-state index is 13.0. The summed E-state index contributed by atoms with van der Waals surface area (Å²) >= 11 is 4.60. The first kappa shape index (κ1) is 19.4. The lowest BCUT2D eigenvalue weighted by atomic mass is 10.2. The molecule has 3 aromatic rings. The third kappa shape index (κ3) is 4.86. The normalized spacial score (nSPS) is 10.8. The van der Waals surface area contributed by atoms with Gasteiger partial charge in [-0.25, -0.2) is 9.07 Å². The van der Waals surface area contributed by atoms with Gasteiger partial charge in [-0.05, 0) is 42.0 Å². The first-order chi connectivity index (χ1) is 12.9. The second-order valence-corrected chi connectivity index (χ2v) is 7.71. The fraction of sp³-hybridized carbons (Fsp3) is 0.167. The Morgan fingerprint density at radius 2 is 1.85 bits per heavy atom. The molecule has 27 heavy (non-hydrogen) atoms. The van der Waals surface area contributed by atoms with E-state index in [1.165, 1.54) is 28.6 Å². The largest absolute Gasteiger partial charge is 0.341 e. The Hall–Kier alpha value is -2.39. The molecule has 0 bridgehead atoms. The number of nitrogens with zero attached hydrogens (tertiary/aromatic N) is 4. The van der Waals surface area contributed by atoms with Crippen molar-refractivity contribution < 1.29 is 9.18 Å². The minimum Gasteiger partial charge on any atom is -0.341 e. The number of hydrogen-bond acceptors (Lipinski definition) is 5. The van der Waals surface area contributed by atoms with Gasteiger partial charge in [0.05, 0.1) is 5.75 Å². The Bertz CT molecular complexity index is 930. The van der Waals surface area contributed by atoms with Crippen LogP contribution in [0.2, 0.25) is 0 Å². The van der Waals surface area contributed by atoms with E-state index >= 15 is 0 Å². The lowest BCUT2D eigenvalue weighted by Gasteiger charge is -2.17. The van der Waals surface area contributed by atoms with Crippen LogP contribution in [0, 0.1) is 5.82 Å². The molecule has 1 heterocycles. The van der Waals surface area contributed by atoms with Crippen LogP contribution in [0.5, 0.6) is 0 Å². The number of aromatic nitrogens is 3. The van der Waals surface area contributed by atoms with E-state index < -0.39 is 0 Å². The number of nitrogens with two attached hydrogens (primary N) is 1. The number of nitrogen functional groups attached to an aromatic ring is 1. The summed E-state index contributed by atoms with van der Waals surface area (Å²) in [4.78, 5) is 14.0. The average Bonchev–Trinajstić information content (AvgIpc) is 3.03. The Balaban J connectivity index is 1.60. The Morgan fingerprint density at radius 3 is 2.52 bits per heavy atom. The maximum atomic E-state index is 13.0. The highest BCUT2D eigenvalue weighted by Gasteiger charge is 2.16. The van der Waals surface area contributed by atoms with Crippen molar-refractivity contribution in [2.75, 3.05) is 18.6 Å². The average molecular weight is 450 g/mol. The summed E-state index contributed by atoms with van der Waals surface area (Å²) in [6.07, 6.45) is 0. The van der Waals surface area contributed by atoms with Gasteiger partial charge in [0.15, 0.2) is 5.82 Å². The van der Waals surface area contributed by atoms with E-state index in [9.17, 15) is 9.18 Å². The molecule has 0 atom stereocenters. The Labute approximate surface area is 168 Å². The summed E-state index contributed by atoms with van der Waals surface area (Å²) in [7, 11) is 1.75. The quantitative estimate of drug-likeness (QED) is 0.461. The van der Waals surface area contributed by atoms with Crippen LogP contribution in [0.1, 0.15) is 5.56 Å². The van der Waals surface area contributed by atoms with Gasteiger partial charge in [-0.1, -0.05) is 39.8 Å². The lowest BCUT2D eigenvalue weighted by molar-refractivity contribution is -0.127. The molecule has 0 radical (unpaired) electrons. The topological polar surface area (TPSA) is 77.0 Å². The van der Waals surface area contributed by atoms with Gasteiger partial charge >= 0.3 is 0 Å². The minimum atomic E-state index is -0.337. The van der Waals surface area contributed by atoms with Crippen LogP contribution in [0.3, 0.4) is 0 Å². The monoisotopic (exact) mass is 449 g/mol. The molecule has 0 aliphatic heterocycles. The fourth-order valence-corrected chi connectivity index (χ4v) is 3.42. The molecule has 0 unspecified atom stereocenters. The number of carbonyl (C=O) groups is 1. The van der Waals surface area contributed by atoms with Gasteiger partial charge in [0.1, 0.15) is 5.82 Å². The number of carbonyl (C=O) groups excluding carboxylic acids is 1. The van der Waals surface area contributed by atoms with Crippen molar-refractivity contribution in [3.8, 4) is 11.4 Å². The number of amides is 1. The molecule has 140 valence electrons. The van der Waals surface area contributed by atoms with Crippen LogP contribution in [0.4, 0.5) is 4.39 Å². The van der Waals surface area contributed by atoms with E-state index in [0.29, 0.717) is 23.1 Å². The van der Waals surface area contributed by atoms with Crippen molar-refractivity contribution in [2.45, 2.75) is 11.7 Å². The highest BCUT2D eigenvalue weighted by molar-refractivity contribution is 9.10. The standard InChI is InChI=1S/C18H17BrFN5OS/c1-24(10-12-2-6-14(19)7-3-12)16(26)11-27-18-23-22-17(25(18)21)13-4-8-15(20)9-5-13/h2-9H,10-11,21H2,1H3. The third-order valence-electron chi connectivity index (χ3n) is 3.85. The Kier molecular flexibility index (Phi) is 6.12. The molecular formula is C18H17BrFN5OS. The predicted molar refractivity (Wildman–Crippen MR) is 107 cm³/mol. The second kappa shape index (κ2) is 8.53. The van der Waals surface area contributed by atoms with Crippen molar-refractivity contribution in [2.24, 2.45) is 0 Å². The summed E-state index contributed by atoms with van der Waals surface area (Å²) < 4.78 is 15.3. The van der Waals surface area contributed by atoms with Crippen LogP contribution in [0.15, 0.2) is 58.2 Å². The first-order valence-electron chi connectivity index (χ1n) is 8.01. The van der Waals surface area contributed by atoms with Crippen LogP contribution in [-0.4, -0.2) is 38.5 Å². The van der Waals surface area contributed by atoms with Crippen molar-refractivity contribution in [3.05, 3.63) is 64.4 Å². The zero-order valence-electron chi connectivity index (χ0n) is 14.5. The number of benzene rings is 2. The van der Waals surface area contributed by atoms with Gasteiger partial charge in [-0.3, -0.25) is 4.79 Å². The molecule has 2 N–H and O–H groups in total. The van der Waals surface area contributed by atoms with Crippen molar-refractivity contribution in [3.63, 3.8) is 0 Å². The number of hydrogen-bond donors (Lipinski definition) is 1. The molecule has 0 spiro atoms. The van der Waals surface area contributed by atoms with Crippen LogP contribution < -0.4 is 5.84 Å². The van der Waals surface area contributed by atoms with Gasteiger partial charge in [0, 0.05) is 23.6 Å². The molecule has 3 rings (SSSR count). The van der Waals surface area contributed by atoms with Crippen LogP contribution >= 0.6 is 27.7 Å². The van der Waals surface area contributed by atoms with Gasteiger partial charge in [0.25, 0.3) is 0 Å². The van der Waals surface area contributed by atoms with E-state index in [1.807, 2.05) is 24.3 Å². The van der Waals surface area contributed by atoms with Crippen LogP contribution in [0.25, 0.3) is 11.4 Å². The van der Waals surface area contributed by atoms with Gasteiger partial charge < -0.3 is 10.7 Å². The van der Waals surface area contributed by atoms with Gasteiger partial charge in [-0.15, -0.1) is 10.2 Å². The molecule has 1 aromatic heterocycles. The third-order valence-corrected chi connectivity index (χ3v) is 5.31. The maximum Gasteiger partial charge on any atom is 0.233 e. The smallest absolute Gasteiger partial charge is 0.233 e. The number of rotatable bonds is 6. The fourth-order valence-electron chi connectivity index (χ4n) is 2.36. The molecule has 9 heteroatoms. The molecule has 0 aliphatic carbocycles. The van der Waals surface area contributed by atoms with E-state index in [0.717, 1.165) is 10.0 Å². The summed E-state index contributed by atoms with van der Waals surface area (Å²) in [6, 6.07) is 13.6. The second-order valence-electron chi connectivity index (χ2n) is 5.85. The van der Waals surface area contributed by atoms with E-state index in [1.54, 1.807) is 24.1 Å². The summed E-state index contributed by atoms with van der Waals surface area (Å²) in [5, 5.41) is 8.47. The van der Waals surface area contributed by atoms with Crippen molar-refractivity contribution in [1.82, 2.24) is 19.8 Å². The summed E-state index contributed by atoms with van der Waals surface area (Å²) in [6.45, 7) is 0.517. The SMILES string of the molecule is CN(Cc1ccc(Br)cc1)C(=O)CSc1nnc(-c2ccc(F)cc2)n1N. The minimum absolute atomic E-state index is 0.0470. The Morgan fingerprint density at radius 1 is 1.19 bits per heavy atom. The highest BCUT2D eigenvalue weighted by atomic mass is 79.9. The molecule has 0 fully saturated rings. The molecule has 0 aliphatic rings. The lowest BCUT2D eigenvalue weighted by Crippen LogP contribution is -2.28. The summed E-state index contributed by atoms with van der Waals surface area (Å²) in [5.74, 6) is 6.23. The molecular weight excluding hydrogens is 433 g/mol. The predicted octanol–water partition coefficient (Wildman–Crippen LogP) is 3.31. The van der Waals surface area contributed by atoms with Crippen molar-refractivity contribution in [1.29, 1.82) is 0 Å². The van der Waals surface area contributed by atoms with Gasteiger partial charge in [0.2, 0.25) is 11.1 Å². The van der Waals surface area contributed by atoms with Crippen molar-refractivity contribution >= 4 is 33.6 Å². The highest BCUT2D eigenvalue weighted by Crippen LogP contribution is 2.22. The number of thioether (sulfide) groups is 1. The molecule has 0 saturated carbocycles. The molecule has 1 amide bonds. The zero-order chi connectivity index (χ0) is 19.4. The van der Waals surface area contributed by atoms with E-state index in [-0.39, 0.29) is 17.5 Å².